The fraction of sp³-hybridized carbons (Fsp3) is 0.750. The standard InChI is InChI=1S/C16H28N4O/c1-4-7-17-16(21)12-19-8-5-15(6-9-19)11-20-14(3)10-13(2)18-20/h10,15H,4-9,11-12H2,1-3H3,(H,17,21). The van der Waals surface area contributed by atoms with Gasteiger partial charge >= 0.3 is 0 Å². The second kappa shape index (κ2) is 7.59. The highest BCUT2D eigenvalue weighted by atomic mass is 16.2. The van der Waals surface area contributed by atoms with Crippen LogP contribution in [0.4, 0.5) is 0 Å². The molecule has 5 heteroatoms. The lowest BCUT2D eigenvalue weighted by Crippen LogP contribution is -2.42. The first-order chi connectivity index (χ1) is 10.1. The summed E-state index contributed by atoms with van der Waals surface area (Å²) in [6.07, 6.45) is 3.30. The van der Waals surface area contributed by atoms with E-state index in [1.165, 1.54) is 5.69 Å². The lowest BCUT2D eigenvalue weighted by Gasteiger charge is -2.31. The monoisotopic (exact) mass is 292 g/mol. The van der Waals surface area contributed by atoms with Crippen molar-refractivity contribution in [2.75, 3.05) is 26.2 Å². The Kier molecular flexibility index (Phi) is 5.79. The van der Waals surface area contributed by atoms with Gasteiger partial charge in [-0.25, -0.2) is 0 Å². The molecule has 0 atom stereocenters. The van der Waals surface area contributed by atoms with E-state index in [1.54, 1.807) is 0 Å². The SMILES string of the molecule is CCCNC(=O)CN1CCC(Cn2nc(C)cc2C)CC1. The molecule has 1 aromatic rings. The molecule has 21 heavy (non-hydrogen) atoms. The average Bonchev–Trinajstić information content (AvgIpc) is 2.77. The van der Waals surface area contributed by atoms with Gasteiger partial charge in [0.05, 0.1) is 12.2 Å². The van der Waals surface area contributed by atoms with Crippen molar-refractivity contribution >= 4 is 5.91 Å². The van der Waals surface area contributed by atoms with Crippen molar-refractivity contribution in [2.24, 2.45) is 5.92 Å². The molecule has 1 amide bonds. The first-order valence-corrected chi connectivity index (χ1v) is 8.08. The Morgan fingerprint density at radius 3 is 2.67 bits per heavy atom. The molecule has 0 saturated carbocycles. The Morgan fingerprint density at radius 1 is 1.38 bits per heavy atom. The summed E-state index contributed by atoms with van der Waals surface area (Å²) in [7, 11) is 0. The highest BCUT2D eigenvalue weighted by Crippen LogP contribution is 2.19. The number of likely N-dealkylation sites (tertiary alicyclic amines) is 1. The Bertz CT molecular complexity index is 461. The normalized spacial score (nSPS) is 17.1. The van der Waals surface area contributed by atoms with Crippen LogP contribution in [-0.4, -0.2) is 46.8 Å². The minimum Gasteiger partial charge on any atom is -0.355 e. The van der Waals surface area contributed by atoms with Crippen LogP contribution in [0.1, 0.15) is 37.6 Å². The molecule has 118 valence electrons. The molecule has 0 unspecified atom stereocenters. The van der Waals surface area contributed by atoms with Crippen LogP contribution in [0.5, 0.6) is 0 Å². The van der Waals surface area contributed by atoms with Crippen molar-refractivity contribution in [2.45, 2.75) is 46.6 Å². The molecule has 2 rings (SSSR count). The number of carbonyl (C=O) groups excluding carboxylic acids is 1. The number of hydrogen-bond acceptors (Lipinski definition) is 3. The number of amides is 1. The van der Waals surface area contributed by atoms with E-state index >= 15 is 0 Å². The van der Waals surface area contributed by atoms with Crippen LogP contribution in [0.25, 0.3) is 0 Å². The molecular formula is C16H28N4O. The smallest absolute Gasteiger partial charge is 0.234 e. The lowest BCUT2D eigenvalue weighted by molar-refractivity contribution is -0.122. The van der Waals surface area contributed by atoms with Gasteiger partial charge in [-0.15, -0.1) is 0 Å². The van der Waals surface area contributed by atoms with Crippen LogP contribution in [0.3, 0.4) is 0 Å². The van der Waals surface area contributed by atoms with Gasteiger partial charge in [0.2, 0.25) is 5.91 Å². The third kappa shape index (κ3) is 4.84. The van der Waals surface area contributed by atoms with Crippen LogP contribution in [0, 0.1) is 19.8 Å². The molecule has 0 aliphatic carbocycles. The molecule has 0 radical (unpaired) electrons. The number of nitrogens with zero attached hydrogens (tertiary/aromatic N) is 3. The Hall–Kier alpha value is -1.36. The van der Waals surface area contributed by atoms with Gasteiger partial charge in [-0.05, 0) is 58.2 Å². The summed E-state index contributed by atoms with van der Waals surface area (Å²) in [5.41, 5.74) is 2.34. The van der Waals surface area contributed by atoms with Crippen LogP contribution in [0.2, 0.25) is 0 Å². The van der Waals surface area contributed by atoms with Crippen molar-refractivity contribution in [1.82, 2.24) is 20.0 Å². The minimum atomic E-state index is 0.161. The van der Waals surface area contributed by atoms with Crippen molar-refractivity contribution < 1.29 is 4.79 Å². The summed E-state index contributed by atoms with van der Waals surface area (Å²) in [4.78, 5) is 14.0. The van der Waals surface area contributed by atoms with Crippen LogP contribution >= 0.6 is 0 Å². The molecule has 0 aromatic carbocycles. The second-order valence-corrected chi connectivity index (χ2v) is 6.18. The molecule has 1 aliphatic rings. The maximum atomic E-state index is 11.7. The summed E-state index contributed by atoms with van der Waals surface area (Å²) in [5, 5.41) is 7.49. The summed E-state index contributed by atoms with van der Waals surface area (Å²) in [6.45, 7) is 10.6. The Balaban J connectivity index is 1.73. The van der Waals surface area contributed by atoms with Crippen molar-refractivity contribution in [1.29, 1.82) is 0 Å². The van der Waals surface area contributed by atoms with E-state index in [4.69, 9.17) is 0 Å². The number of carbonyl (C=O) groups is 1. The number of aromatic nitrogens is 2. The van der Waals surface area contributed by atoms with Gasteiger partial charge in [-0.2, -0.15) is 5.10 Å². The van der Waals surface area contributed by atoms with Gasteiger partial charge in [0.25, 0.3) is 0 Å². The third-order valence-electron chi connectivity index (χ3n) is 4.18. The van der Waals surface area contributed by atoms with Gasteiger partial charge in [0.15, 0.2) is 0 Å². The largest absolute Gasteiger partial charge is 0.355 e. The summed E-state index contributed by atoms with van der Waals surface area (Å²) in [6, 6.07) is 2.13. The van der Waals surface area contributed by atoms with E-state index in [1.807, 2.05) is 6.92 Å². The fourth-order valence-electron chi connectivity index (χ4n) is 2.95. The lowest BCUT2D eigenvalue weighted by atomic mass is 9.97. The Labute approximate surface area is 127 Å². The number of hydrogen-bond donors (Lipinski definition) is 1. The predicted molar refractivity (Wildman–Crippen MR) is 84.2 cm³/mol. The molecule has 2 heterocycles. The fourth-order valence-corrected chi connectivity index (χ4v) is 2.95. The molecule has 1 fully saturated rings. The first kappa shape index (κ1) is 16.0. The topological polar surface area (TPSA) is 50.2 Å². The molecular weight excluding hydrogens is 264 g/mol. The van der Waals surface area contributed by atoms with Gasteiger partial charge in [-0.3, -0.25) is 14.4 Å². The number of aryl methyl sites for hydroxylation is 2. The van der Waals surface area contributed by atoms with Crippen LogP contribution < -0.4 is 5.32 Å². The summed E-state index contributed by atoms with van der Waals surface area (Å²) < 4.78 is 2.13. The zero-order chi connectivity index (χ0) is 15.2. The third-order valence-corrected chi connectivity index (χ3v) is 4.18. The van der Waals surface area contributed by atoms with Gasteiger partial charge in [-0.1, -0.05) is 6.92 Å². The van der Waals surface area contributed by atoms with Crippen LogP contribution in [0.15, 0.2) is 6.07 Å². The van der Waals surface area contributed by atoms with E-state index in [9.17, 15) is 4.79 Å². The minimum absolute atomic E-state index is 0.161. The van der Waals surface area contributed by atoms with E-state index in [2.05, 4.69) is 39.9 Å². The zero-order valence-corrected chi connectivity index (χ0v) is 13.6. The van der Waals surface area contributed by atoms with Gasteiger partial charge in [0.1, 0.15) is 0 Å². The molecule has 1 aromatic heterocycles. The molecule has 1 N–H and O–H groups in total. The molecule has 1 saturated heterocycles. The van der Waals surface area contributed by atoms with E-state index in [0.29, 0.717) is 12.5 Å². The van der Waals surface area contributed by atoms with E-state index in [0.717, 1.165) is 51.1 Å². The van der Waals surface area contributed by atoms with E-state index in [-0.39, 0.29) is 5.91 Å². The van der Waals surface area contributed by atoms with Crippen molar-refractivity contribution in [3.05, 3.63) is 17.5 Å². The molecule has 5 nitrogen and oxygen atoms in total. The highest BCUT2D eigenvalue weighted by molar-refractivity contribution is 5.77. The number of nitrogens with one attached hydrogen (secondary N) is 1. The zero-order valence-electron chi connectivity index (χ0n) is 13.6. The maximum Gasteiger partial charge on any atom is 0.234 e. The first-order valence-electron chi connectivity index (χ1n) is 8.08. The highest BCUT2D eigenvalue weighted by Gasteiger charge is 2.21. The maximum absolute atomic E-state index is 11.7. The van der Waals surface area contributed by atoms with Crippen LogP contribution in [-0.2, 0) is 11.3 Å². The average molecular weight is 292 g/mol. The van der Waals surface area contributed by atoms with Gasteiger partial charge in [0, 0.05) is 18.8 Å². The summed E-state index contributed by atoms with van der Waals surface area (Å²) in [5.74, 6) is 0.840. The molecule has 0 bridgehead atoms. The summed E-state index contributed by atoms with van der Waals surface area (Å²) >= 11 is 0. The second-order valence-electron chi connectivity index (χ2n) is 6.18. The number of rotatable bonds is 6. The van der Waals surface area contributed by atoms with Crippen molar-refractivity contribution in [3.63, 3.8) is 0 Å². The Morgan fingerprint density at radius 2 is 2.10 bits per heavy atom. The van der Waals surface area contributed by atoms with E-state index < -0.39 is 0 Å². The predicted octanol–water partition coefficient (Wildman–Crippen LogP) is 1.74. The number of piperidine rings is 1. The molecule has 1 aliphatic heterocycles. The quantitative estimate of drug-likeness (QED) is 0.869. The van der Waals surface area contributed by atoms with Gasteiger partial charge < -0.3 is 5.32 Å². The molecule has 0 spiro atoms. The van der Waals surface area contributed by atoms with Crippen molar-refractivity contribution in [3.8, 4) is 0 Å².